The Kier molecular flexibility index (Phi) is 4.08. The predicted molar refractivity (Wildman–Crippen MR) is 78.9 cm³/mol. The Morgan fingerprint density at radius 1 is 0.944 bits per heavy atom. The third-order valence-corrected chi connectivity index (χ3v) is 5.20. The number of hydrogen-bond acceptors (Lipinski definition) is 2. The van der Waals surface area contributed by atoms with E-state index in [9.17, 15) is 0 Å². The fourth-order valence-corrected chi connectivity index (χ4v) is 3.70. The lowest BCUT2D eigenvalue weighted by Gasteiger charge is -2.51. The van der Waals surface area contributed by atoms with Crippen molar-refractivity contribution < 1.29 is 0 Å². The highest BCUT2D eigenvalue weighted by molar-refractivity contribution is 4.94. The SMILES string of the molecule is CC(C)N1CCC2(CCCN(C(C)(C)C)C2)CC1. The molecule has 18 heavy (non-hydrogen) atoms. The van der Waals surface area contributed by atoms with Crippen LogP contribution in [0.25, 0.3) is 0 Å². The Balaban J connectivity index is 1.97. The number of rotatable bonds is 1. The molecule has 2 aliphatic heterocycles. The Hall–Kier alpha value is -0.0800. The smallest absolute Gasteiger partial charge is 0.0125 e. The monoisotopic (exact) mass is 252 g/mol. The number of likely N-dealkylation sites (tertiary alicyclic amines) is 2. The minimum absolute atomic E-state index is 0.350. The van der Waals surface area contributed by atoms with E-state index < -0.39 is 0 Å². The molecular weight excluding hydrogens is 220 g/mol. The summed E-state index contributed by atoms with van der Waals surface area (Å²) < 4.78 is 0. The van der Waals surface area contributed by atoms with Crippen molar-refractivity contribution in [2.75, 3.05) is 26.2 Å². The zero-order valence-corrected chi connectivity index (χ0v) is 13.1. The van der Waals surface area contributed by atoms with Gasteiger partial charge in [0.1, 0.15) is 0 Å². The first kappa shape index (κ1) is 14.3. The van der Waals surface area contributed by atoms with Crippen LogP contribution in [0.15, 0.2) is 0 Å². The van der Waals surface area contributed by atoms with Gasteiger partial charge in [0.05, 0.1) is 0 Å². The van der Waals surface area contributed by atoms with Gasteiger partial charge in [-0.2, -0.15) is 0 Å². The molecule has 0 amide bonds. The fraction of sp³-hybridized carbons (Fsp3) is 1.00. The first-order chi connectivity index (χ1) is 8.32. The summed E-state index contributed by atoms with van der Waals surface area (Å²) in [5, 5.41) is 0. The van der Waals surface area contributed by atoms with E-state index in [0.29, 0.717) is 11.0 Å². The lowest BCUT2D eigenvalue weighted by Crippen LogP contribution is -2.55. The average molecular weight is 252 g/mol. The van der Waals surface area contributed by atoms with Crippen LogP contribution in [0.2, 0.25) is 0 Å². The van der Waals surface area contributed by atoms with Gasteiger partial charge >= 0.3 is 0 Å². The molecule has 0 bridgehead atoms. The Morgan fingerprint density at radius 3 is 2.06 bits per heavy atom. The maximum atomic E-state index is 2.72. The molecule has 0 saturated carbocycles. The quantitative estimate of drug-likeness (QED) is 0.706. The Labute approximate surface area is 114 Å². The van der Waals surface area contributed by atoms with Crippen LogP contribution in [0.5, 0.6) is 0 Å². The topological polar surface area (TPSA) is 6.48 Å². The van der Waals surface area contributed by atoms with E-state index in [2.05, 4.69) is 44.4 Å². The third-order valence-electron chi connectivity index (χ3n) is 5.20. The van der Waals surface area contributed by atoms with Crippen molar-refractivity contribution in [3.05, 3.63) is 0 Å². The largest absolute Gasteiger partial charge is 0.301 e. The highest BCUT2D eigenvalue weighted by Crippen LogP contribution is 2.41. The summed E-state index contributed by atoms with van der Waals surface area (Å²) in [5.41, 5.74) is 0.986. The molecule has 106 valence electrons. The number of piperidine rings is 2. The molecule has 0 aliphatic carbocycles. The molecule has 2 fully saturated rings. The second kappa shape index (κ2) is 5.13. The molecule has 2 heterocycles. The second-order valence-electron chi connectivity index (χ2n) is 7.83. The van der Waals surface area contributed by atoms with E-state index in [0.717, 1.165) is 6.04 Å². The van der Waals surface area contributed by atoms with Crippen LogP contribution >= 0.6 is 0 Å². The minimum Gasteiger partial charge on any atom is -0.301 e. The van der Waals surface area contributed by atoms with Gasteiger partial charge in [-0.25, -0.2) is 0 Å². The van der Waals surface area contributed by atoms with Crippen LogP contribution in [-0.2, 0) is 0 Å². The van der Waals surface area contributed by atoms with Crippen molar-refractivity contribution in [1.29, 1.82) is 0 Å². The van der Waals surface area contributed by atoms with Gasteiger partial charge in [-0.1, -0.05) is 0 Å². The van der Waals surface area contributed by atoms with E-state index in [1.807, 2.05) is 0 Å². The molecule has 2 rings (SSSR count). The van der Waals surface area contributed by atoms with Crippen molar-refractivity contribution in [2.45, 2.75) is 71.9 Å². The van der Waals surface area contributed by atoms with Gasteiger partial charge in [-0.15, -0.1) is 0 Å². The van der Waals surface area contributed by atoms with Crippen molar-refractivity contribution in [3.63, 3.8) is 0 Å². The van der Waals surface area contributed by atoms with Gasteiger partial charge in [-0.3, -0.25) is 4.90 Å². The van der Waals surface area contributed by atoms with E-state index in [1.165, 1.54) is 51.9 Å². The first-order valence-corrected chi connectivity index (χ1v) is 7.82. The minimum atomic E-state index is 0.350. The molecule has 0 radical (unpaired) electrons. The van der Waals surface area contributed by atoms with Crippen LogP contribution in [0.3, 0.4) is 0 Å². The van der Waals surface area contributed by atoms with Gasteiger partial charge in [0.15, 0.2) is 0 Å². The summed E-state index contributed by atoms with van der Waals surface area (Å²) >= 11 is 0. The van der Waals surface area contributed by atoms with Crippen LogP contribution in [0.1, 0.15) is 60.3 Å². The standard InChI is InChI=1S/C16H32N2/c1-14(2)17-11-8-16(9-12-17)7-6-10-18(13-16)15(3,4)5/h14H,6-13H2,1-5H3. The molecule has 2 heteroatoms. The second-order valence-corrected chi connectivity index (χ2v) is 7.83. The summed E-state index contributed by atoms with van der Waals surface area (Å²) in [5.74, 6) is 0. The molecule has 1 spiro atoms. The first-order valence-electron chi connectivity index (χ1n) is 7.82. The summed E-state index contributed by atoms with van der Waals surface area (Å²) in [6.07, 6.45) is 5.69. The molecule has 2 aliphatic rings. The summed E-state index contributed by atoms with van der Waals surface area (Å²) in [7, 11) is 0. The predicted octanol–water partition coefficient (Wildman–Crippen LogP) is 3.37. The lowest BCUT2D eigenvalue weighted by molar-refractivity contribution is -0.0181. The molecule has 0 aromatic carbocycles. The molecule has 0 aromatic rings. The van der Waals surface area contributed by atoms with E-state index in [4.69, 9.17) is 0 Å². The van der Waals surface area contributed by atoms with Crippen molar-refractivity contribution in [1.82, 2.24) is 9.80 Å². The fourth-order valence-electron chi connectivity index (χ4n) is 3.70. The van der Waals surface area contributed by atoms with E-state index in [-0.39, 0.29) is 0 Å². The molecule has 2 saturated heterocycles. The van der Waals surface area contributed by atoms with Crippen molar-refractivity contribution in [3.8, 4) is 0 Å². The van der Waals surface area contributed by atoms with Crippen molar-refractivity contribution in [2.24, 2.45) is 5.41 Å². The zero-order chi connectivity index (χ0) is 13.4. The van der Waals surface area contributed by atoms with Gasteiger partial charge in [0, 0.05) is 18.1 Å². The van der Waals surface area contributed by atoms with Crippen LogP contribution < -0.4 is 0 Å². The maximum Gasteiger partial charge on any atom is 0.0125 e. The van der Waals surface area contributed by atoms with Gasteiger partial charge in [-0.05, 0) is 85.4 Å². The highest BCUT2D eigenvalue weighted by atomic mass is 15.2. The zero-order valence-electron chi connectivity index (χ0n) is 13.1. The molecule has 0 N–H and O–H groups in total. The molecule has 0 aromatic heterocycles. The summed E-state index contributed by atoms with van der Waals surface area (Å²) in [6, 6.07) is 0.727. The lowest BCUT2D eigenvalue weighted by atomic mass is 9.71. The number of hydrogen-bond donors (Lipinski definition) is 0. The molecule has 0 atom stereocenters. The van der Waals surface area contributed by atoms with Crippen LogP contribution in [-0.4, -0.2) is 47.6 Å². The van der Waals surface area contributed by atoms with Gasteiger partial charge in [0.25, 0.3) is 0 Å². The molecule has 2 nitrogen and oxygen atoms in total. The summed E-state index contributed by atoms with van der Waals surface area (Å²) in [4.78, 5) is 5.38. The summed E-state index contributed by atoms with van der Waals surface area (Å²) in [6.45, 7) is 17.0. The van der Waals surface area contributed by atoms with E-state index >= 15 is 0 Å². The van der Waals surface area contributed by atoms with Gasteiger partial charge in [0.2, 0.25) is 0 Å². The highest BCUT2D eigenvalue weighted by Gasteiger charge is 2.40. The van der Waals surface area contributed by atoms with Gasteiger partial charge < -0.3 is 4.90 Å². The van der Waals surface area contributed by atoms with Crippen LogP contribution in [0, 0.1) is 5.41 Å². The van der Waals surface area contributed by atoms with E-state index in [1.54, 1.807) is 0 Å². The van der Waals surface area contributed by atoms with Crippen LogP contribution in [0.4, 0.5) is 0 Å². The molecular formula is C16H32N2. The normalized spacial score (nSPS) is 27.0. The Bertz CT molecular complexity index is 269. The third kappa shape index (κ3) is 3.08. The average Bonchev–Trinajstić information content (AvgIpc) is 2.28. The van der Waals surface area contributed by atoms with Crippen molar-refractivity contribution >= 4 is 0 Å². The number of nitrogens with zero attached hydrogens (tertiary/aromatic N) is 2. The molecule has 0 unspecified atom stereocenters. The maximum absolute atomic E-state index is 2.72. The Morgan fingerprint density at radius 2 is 1.56 bits per heavy atom.